The highest BCUT2D eigenvalue weighted by Crippen LogP contribution is 2.19. The fourth-order valence-electron chi connectivity index (χ4n) is 2.67. The fourth-order valence-corrected chi connectivity index (χ4v) is 3.42. The molecular formula is C16H21NO2S. The highest BCUT2D eigenvalue weighted by molar-refractivity contribution is 7.09. The van der Waals surface area contributed by atoms with Gasteiger partial charge >= 0.3 is 0 Å². The molecule has 0 N–H and O–H groups in total. The van der Waals surface area contributed by atoms with Crippen molar-refractivity contribution in [3.63, 3.8) is 0 Å². The minimum Gasteiger partial charge on any atom is -0.468 e. The normalized spacial score (nSPS) is 19.6. The third kappa shape index (κ3) is 3.95. The molecule has 108 valence electrons. The molecule has 1 fully saturated rings. The van der Waals surface area contributed by atoms with Crippen molar-refractivity contribution in [2.24, 2.45) is 0 Å². The van der Waals surface area contributed by atoms with Gasteiger partial charge in [0.1, 0.15) is 5.76 Å². The highest BCUT2D eigenvalue weighted by Gasteiger charge is 2.19. The van der Waals surface area contributed by atoms with Gasteiger partial charge in [0.05, 0.1) is 18.9 Å². The molecule has 1 atom stereocenters. The molecule has 2 aromatic rings. The Bertz CT molecular complexity index is 438. The molecule has 1 aliphatic heterocycles. The third-order valence-corrected chi connectivity index (χ3v) is 4.52. The van der Waals surface area contributed by atoms with Crippen LogP contribution in [0.3, 0.4) is 0 Å². The second-order valence-corrected chi connectivity index (χ2v) is 6.35. The Morgan fingerprint density at radius 2 is 2.20 bits per heavy atom. The SMILES string of the molecule is c1coc(CN(Cc2cccs2)CC2CCCCO2)c1. The maximum absolute atomic E-state index is 5.88. The average molecular weight is 291 g/mol. The van der Waals surface area contributed by atoms with Crippen LogP contribution in [0.1, 0.15) is 29.9 Å². The summed E-state index contributed by atoms with van der Waals surface area (Å²) >= 11 is 1.81. The molecule has 0 spiro atoms. The van der Waals surface area contributed by atoms with Crippen LogP contribution in [-0.2, 0) is 17.8 Å². The Hall–Kier alpha value is -1.10. The van der Waals surface area contributed by atoms with Crippen molar-refractivity contribution < 1.29 is 9.15 Å². The Labute approximate surface area is 124 Å². The molecule has 3 heterocycles. The van der Waals surface area contributed by atoms with Gasteiger partial charge in [-0.15, -0.1) is 11.3 Å². The Kier molecular flexibility index (Phi) is 4.90. The van der Waals surface area contributed by atoms with E-state index in [9.17, 15) is 0 Å². The van der Waals surface area contributed by atoms with Gasteiger partial charge in [-0.25, -0.2) is 0 Å². The number of furan rings is 1. The van der Waals surface area contributed by atoms with Crippen molar-refractivity contribution in [3.05, 3.63) is 46.5 Å². The van der Waals surface area contributed by atoms with Gasteiger partial charge in [0.15, 0.2) is 0 Å². The largest absolute Gasteiger partial charge is 0.468 e. The van der Waals surface area contributed by atoms with Crippen LogP contribution in [0.25, 0.3) is 0 Å². The van der Waals surface area contributed by atoms with E-state index in [0.717, 1.165) is 32.0 Å². The number of hydrogen-bond acceptors (Lipinski definition) is 4. The monoisotopic (exact) mass is 291 g/mol. The van der Waals surface area contributed by atoms with E-state index < -0.39 is 0 Å². The molecule has 0 aliphatic carbocycles. The predicted molar refractivity (Wildman–Crippen MR) is 80.7 cm³/mol. The fraction of sp³-hybridized carbons (Fsp3) is 0.500. The first-order valence-corrected chi connectivity index (χ1v) is 8.17. The zero-order valence-electron chi connectivity index (χ0n) is 11.7. The van der Waals surface area contributed by atoms with Crippen LogP contribution in [-0.4, -0.2) is 24.2 Å². The lowest BCUT2D eigenvalue weighted by molar-refractivity contribution is -0.00956. The van der Waals surface area contributed by atoms with Crippen molar-refractivity contribution in [2.75, 3.05) is 13.2 Å². The van der Waals surface area contributed by atoms with Crippen LogP contribution in [0.5, 0.6) is 0 Å². The lowest BCUT2D eigenvalue weighted by Crippen LogP contribution is -2.34. The summed E-state index contributed by atoms with van der Waals surface area (Å²) in [6.45, 7) is 3.72. The molecule has 2 aromatic heterocycles. The molecule has 1 aliphatic rings. The average Bonchev–Trinajstić information content (AvgIpc) is 3.13. The zero-order valence-corrected chi connectivity index (χ0v) is 12.5. The van der Waals surface area contributed by atoms with Crippen molar-refractivity contribution in [1.82, 2.24) is 4.90 Å². The molecule has 20 heavy (non-hydrogen) atoms. The maximum atomic E-state index is 5.88. The standard InChI is InChI=1S/C16H21NO2S/c1-2-8-18-14(5-1)11-17(12-15-6-3-9-19-15)13-16-7-4-10-20-16/h3-4,6-7,9-10,14H,1-2,5,8,11-13H2. The van der Waals surface area contributed by atoms with E-state index >= 15 is 0 Å². The van der Waals surface area contributed by atoms with Crippen LogP contribution in [0.15, 0.2) is 40.3 Å². The van der Waals surface area contributed by atoms with E-state index in [4.69, 9.17) is 9.15 Å². The molecule has 3 rings (SSSR count). The topological polar surface area (TPSA) is 25.6 Å². The Morgan fingerprint density at radius 1 is 1.20 bits per heavy atom. The lowest BCUT2D eigenvalue weighted by atomic mass is 10.1. The molecule has 1 unspecified atom stereocenters. The Balaban J connectivity index is 1.62. The Morgan fingerprint density at radius 3 is 2.90 bits per heavy atom. The van der Waals surface area contributed by atoms with E-state index in [1.165, 1.54) is 24.1 Å². The molecule has 0 saturated carbocycles. The maximum Gasteiger partial charge on any atom is 0.117 e. The number of hydrogen-bond donors (Lipinski definition) is 0. The van der Waals surface area contributed by atoms with Crippen LogP contribution in [0, 0.1) is 0 Å². The summed E-state index contributed by atoms with van der Waals surface area (Å²) in [5, 5.41) is 2.14. The van der Waals surface area contributed by atoms with Crippen LogP contribution in [0.2, 0.25) is 0 Å². The molecule has 0 bridgehead atoms. The molecule has 0 radical (unpaired) electrons. The van der Waals surface area contributed by atoms with Crippen LogP contribution in [0.4, 0.5) is 0 Å². The van der Waals surface area contributed by atoms with Gasteiger partial charge in [-0.1, -0.05) is 6.07 Å². The van der Waals surface area contributed by atoms with Crippen LogP contribution >= 0.6 is 11.3 Å². The third-order valence-electron chi connectivity index (χ3n) is 3.65. The first-order chi connectivity index (χ1) is 9.90. The second kappa shape index (κ2) is 7.07. The minimum absolute atomic E-state index is 0.374. The van der Waals surface area contributed by atoms with E-state index in [0.29, 0.717) is 6.10 Å². The van der Waals surface area contributed by atoms with E-state index in [1.807, 2.05) is 23.5 Å². The molecule has 0 amide bonds. The molecule has 4 heteroatoms. The summed E-state index contributed by atoms with van der Waals surface area (Å²) in [6, 6.07) is 8.31. The van der Waals surface area contributed by atoms with E-state index in [2.05, 4.69) is 22.4 Å². The van der Waals surface area contributed by atoms with Gasteiger partial charge in [-0.3, -0.25) is 4.90 Å². The summed E-state index contributed by atoms with van der Waals surface area (Å²) < 4.78 is 11.4. The van der Waals surface area contributed by atoms with E-state index in [1.54, 1.807) is 6.26 Å². The molecular weight excluding hydrogens is 270 g/mol. The first-order valence-electron chi connectivity index (χ1n) is 7.29. The summed E-state index contributed by atoms with van der Waals surface area (Å²) in [7, 11) is 0. The number of ether oxygens (including phenoxy) is 1. The van der Waals surface area contributed by atoms with Gasteiger partial charge in [0, 0.05) is 24.6 Å². The van der Waals surface area contributed by atoms with Crippen molar-refractivity contribution in [2.45, 2.75) is 38.5 Å². The van der Waals surface area contributed by atoms with Gasteiger partial charge in [0.25, 0.3) is 0 Å². The van der Waals surface area contributed by atoms with Crippen molar-refractivity contribution in [1.29, 1.82) is 0 Å². The highest BCUT2D eigenvalue weighted by atomic mass is 32.1. The summed E-state index contributed by atoms with van der Waals surface area (Å²) in [5.41, 5.74) is 0. The van der Waals surface area contributed by atoms with Gasteiger partial charge < -0.3 is 9.15 Å². The second-order valence-electron chi connectivity index (χ2n) is 5.32. The summed E-state index contributed by atoms with van der Waals surface area (Å²) in [6.07, 6.45) is 5.80. The summed E-state index contributed by atoms with van der Waals surface area (Å²) in [5.74, 6) is 1.03. The smallest absolute Gasteiger partial charge is 0.117 e. The molecule has 1 saturated heterocycles. The minimum atomic E-state index is 0.374. The zero-order chi connectivity index (χ0) is 13.6. The van der Waals surface area contributed by atoms with Gasteiger partial charge in [-0.2, -0.15) is 0 Å². The molecule has 3 nitrogen and oxygen atoms in total. The quantitative estimate of drug-likeness (QED) is 0.807. The number of thiophene rings is 1. The molecule has 0 aromatic carbocycles. The van der Waals surface area contributed by atoms with Crippen molar-refractivity contribution in [3.8, 4) is 0 Å². The van der Waals surface area contributed by atoms with Gasteiger partial charge in [-0.05, 0) is 42.8 Å². The summed E-state index contributed by atoms with van der Waals surface area (Å²) in [4.78, 5) is 3.83. The number of nitrogens with zero attached hydrogens (tertiary/aromatic N) is 1. The number of rotatable bonds is 6. The van der Waals surface area contributed by atoms with Crippen LogP contribution < -0.4 is 0 Å². The van der Waals surface area contributed by atoms with Crippen molar-refractivity contribution >= 4 is 11.3 Å². The van der Waals surface area contributed by atoms with Gasteiger partial charge in [0.2, 0.25) is 0 Å². The van der Waals surface area contributed by atoms with E-state index in [-0.39, 0.29) is 0 Å². The predicted octanol–water partition coefficient (Wildman–Crippen LogP) is 3.91. The lowest BCUT2D eigenvalue weighted by Gasteiger charge is -2.29. The first kappa shape index (κ1) is 13.9.